The van der Waals surface area contributed by atoms with E-state index in [0.717, 1.165) is 33.4 Å². The van der Waals surface area contributed by atoms with Crippen molar-refractivity contribution in [3.63, 3.8) is 0 Å². The van der Waals surface area contributed by atoms with Crippen LogP contribution in [0.4, 0.5) is 0 Å². The number of aromatic hydroxyl groups is 3. The first kappa shape index (κ1) is 28.6. The van der Waals surface area contributed by atoms with Crippen LogP contribution in [0.2, 0.25) is 0 Å². The van der Waals surface area contributed by atoms with Crippen LogP contribution in [0.5, 0.6) is 17.2 Å². The average molecular weight is 504 g/mol. The van der Waals surface area contributed by atoms with Crippen LogP contribution in [0.3, 0.4) is 0 Å². The summed E-state index contributed by atoms with van der Waals surface area (Å²) in [4.78, 5) is 2.17. The number of nitrogens with zero attached hydrogens (tertiary/aromatic N) is 1. The van der Waals surface area contributed by atoms with Crippen LogP contribution in [0.25, 0.3) is 0 Å². The molecule has 0 spiro atoms. The minimum absolute atomic E-state index is 0.191. The van der Waals surface area contributed by atoms with Crippen LogP contribution >= 0.6 is 0 Å². The Hall–Kier alpha value is -2.98. The maximum Gasteiger partial charge on any atom is 0.123 e. The lowest BCUT2D eigenvalue weighted by Crippen LogP contribution is -2.24. The normalized spacial score (nSPS) is 12.8. The van der Waals surface area contributed by atoms with Gasteiger partial charge in [-0.3, -0.25) is 4.90 Å². The van der Waals surface area contributed by atoms with Gasteiger partial charge in [0.2, 0.25) is 0 Å². The summed E-state index contributed by atoms with van der Waals surface area (Å²) in [6, 6.07) is 17.7. The van der Waals surface area contributed by atoms with Crippen molar-refractivity contribution in [2.45, 2.75) is 98.2 Å². The van der Waals surface area contributed by atoms with Crippen LogP contribution in [0.1, 0.15) is 95.7 Å². The Bertz CT molecular complexity index is 1080. The molecule has 4 nitrogen and oxygen atoms in total. The summed E-state index contributed by atoms with van der Waals surface area (Å²) in [5, 5.41) is 33.6. The molecule has 0 aromatic heterocycles. The third-order valence-corrected chi connectivity index (χ3v) is 6.96. The molecule has 3 aromatic rings. The number of benzene rings is 3. The molecular formula is C33H45NO3. The SMILES string of the molecule is CC(C)(C)c1cccc(CN(Cc2cccc(C(C)(C)C)c2O)Cc2cccc(C(C)(C)C)c2O)c1O. The summed E-state index contributed by atoms with van der Waals surface area (Å²) in [7, 11) is 0. The first-order chi connectivity index (χ1) is 17.0. The van der Waals surface area contributed by atoms with E-state index >= 15 is 0 Å². The molecule has 0 aliphatic carbocycles. The standard InChI is InChI=1S/C33H45NO3/c1-31(2,3)25-16-10-13-22(28(25)35)19-34(20-23-14-11-17-26(29(23)36)32(4,5)6)21-24-15-12-18-27(30(24)37)33(7,8)9/h10-18,35-37H,19-21H2,1-9H3. The van der Waals surface area contributed by atoms with Crippen molar-refractivity contribution in [1.29, 1.82) is 0 Å². The summed E-state index contributed by atoms with van der Waals surface area (Å²) in [6.45, 7) is 20.2. The van der Waals surface area contributed by atoms with E-state index in [1.807, 2.05) is 54.6 Å². The van der Waals surface area contributed by atoms with Crippen LogP contribution in [-0.4, -0.2) is 20.2 Å². The largest absolute Gasteiger partial charge is 0.507 e. The summed E-state index contributed by atoms with van der Waals surface area (Å²) in [5.41, 5.74) is 4.61. The van der Waals surface area contributed by atoms with E-state index in [9.17, 15) is 15.3 Å². The van der Waals surface area contributed by atoms with Crippen molar-refractivity contribution in [3.8, 4) is 17.2 Å². The maximum atomic E-state index is 11.2. The van der Waals surface area contributed by atoms with Gasteiger partial charge in [-0.15, -0.1) is 0 Å². The van der Waals surface area contributed by atoms with Crippen molar-refractivity contribution in [2.24, 2.45) is 0 Å². The number of phenols is 3. The fraction of sp³-hybridized carbons (Fsp3) is 0.455. The summed E-state index contributed by atoms with van der Waals surface area (Å²) >= 11 is 0. The zero-order valence-electron chi connectivity index (χ0n) is 24.1. The Kier molecular flexibility index (Phi) is 8.05. The first-order valence-electron chi connectivity index (χ1n) is 13.2. The molecule has 0 bridgehead atoms. The number of phenolic OH excluding ortho intramolecular Hbond substituents is 3. The molecule has 0 heterocycles. The Labute approximate surface area is 223 Å². The van der Waals surface area contributed by atoms with E-state index in [-0.39, 0.29) is 16.2 Å². The van der Waals surface area contributed by atoms with Crippen molar-refractivity contribution in [1.82, 2.24) is 4.90 Å². The molecule has 3 aromatic carbocycles. The summed E-state index contributed by atoms with van der Waals surface area (Å²) < 4.78 is 0. The molecule has 0 radical (unpaired) electrons. The van der Waals surface area contributed by atoms with Crippen molar-refractivity contribution < 1.29 is 15.3 Å². The fourth-order valence-corrected chi connectivity index (χ4v) is 4.86. The van der Waals surface area contributed by atoms with Crippen molar-refractivity contribution >= 4 is 0 Å². The number of hydrogen-bond donors (Lipinski definition) is 3. The monoisotopic (exact) mass is 503 g/mol. The summed E-state index contributed by atoms with van der Waals surface area (Å²) in [6.07, 6.45) is 0. The first-order valence-corrected chi connectivity index (χ1v) is 13.2. The highest BCUT2D eigenvalue weighted by Gasteiger charge is 2.25. The Morgan fingerprint density at radius 1 is 0.459 bits per heavy atom. The molecule has 0 saturated heterocycles. The van der Waals surface area contributed by atoms with Gasteiger partial charge >= 0.3 is 0 Å². The van der Waals surface area contributed by atoms with Gasteiger partial charge in [-0.25, -0.2) is 0 Å². The van der Waals surface area contributed by atoms with E-state index in [4.69, 9.17) is 0 Å². The van der Waals surface area contributed by atoms with E-state index in [1.54, 1.807) is 0 Å². The third kappa shape index (κ3) is 6.67. The second kappa shape index (κ2) is 10.4. The van der Waals surface area contributed by atoms with Gasteiger partial charge in [-0.1, -0.05) is 117 Å². The topological polar surface area (TPSA) is 63.9 Å². The molecular weight excluding hydrogens is 458 g/mol. The lowest BCUT2D eigenvalue weighted by Gasteiger charge is -2.28. The lowest BCUT2D eigenvalue weighted by molar-refractivity contribution is 0.236. The third-order valence-electron chi connectivity index (χ3n) is 6.96. The predicted octanol–water partition coefficient (Wildman–Crippen LogP) is 7.90. The number of rotatable bonds is 6. The lowest BCUT2D eigenvalue weighted by atomic mass is 9.84. The molecule has 0 amide bonds. The summed E-state index contributed by atoms with van der Waals surface area (Å²) in [5.74, 6) is 0.918. The smallest absolute Gasteiger partial charge is 0.123 e. The molecule has 3 rings (SSSR count). The van der Waals surface area contributed by atoms with Gasteiger partial charge in [0.1, 0.15) is 17.2 Å². The Morgan fingerprint density at radius 2 is 0.703 bits per heavy atom. The van der Waals surface area contributed by atoms with E-state index in [1.165, 1.54) is 0 Å². The van der Waals surface area contributed by atoms with Crippen LogP contribution < -0.4 is 0 Å². The molecule has 37 heavy (non-hydrogen) atoms. The molecule has 0 aliphatic rings. The van der Waals surface area contributed by atoms with Gasteiger partial charge in [0.05, 0.1) is 0 Å². The number of hydrogen-bond acceptors (Lipinski definition) is 4. The Balaban J connectivity index is 2.06. The molecule has 0 fully saturated rings. The molecule has 0 unspecified atom stereocenters. The van der Waals surface area contributed by atoms with Crippen molar-refractivity contribution in [3.05, 3.63) is 88.0 Å². The second-order valence-corrected chi connectivity index (χ2v) is 13.3. The quantitative estimate of drug-likeness (QED) is 0.320. The van der Waals surface area contributed by atoms with Gasteiger partial charge in [-0.05, 0) is 32.9 Å². The minimum Gasteiger partial charge on any atom is -0.507 e. The van der Waals surface area contributed by atoms with Crippen molar-refractivity contribution in [2.75, 3.05) is 0 Å². The molecule has 0 atom stereocenters. The average Bonchev–Trinajstić information content (AvgIpc) is 2.75. The molecule has 0 saturated carbocycles. The Morgan fingerprint density at radius 3 is 0.919 bits per heavy atom. The maximum absolute atomic E-state index is 11.2. The molecule has 200 valence electrons. The van der Waals surface area contributed by atoms with E-state index in [2.05, 4.69) is 67.2 Å². The minimum atomic E-state index is -0.191. The van der Waals surface area contributed by atoms with Gasteiger partial charge in [0.25, 0.3) is 0 Å². The van der Waals surface area contributed by atoms with Crippen LogP contribution in [0.15, 0.2) is 54.6 Å². The van der Waals surface area contributed by atoms with Gasteiger partial charge in [0.15, 0.2) is 0 Å². The molecule has 3 N–H and O–H groups in total. The van der Waals surface area contributed by atoms with Gasteiger partial charge < -0.3 is 15.3 Å². The fourth-order valence-electron chi connectivity index (χ4n) is 4.86. The van der Waals surface area contributed by atoms with Gasteiger partial charge in [0, 0.05) is 36.3 Å². The van der Waals surface area contributed by atoms with Crippen LogP contribution in [0, 0.1) is 0 Å². The second-order valence-electron chi connectivity index (χ2n) is 13.3. The highest BCUT2D eigenvalue weighted by atomic mass is 16.3. The van der Waals surface area contributed by atoms with E-state index in [0.29, 0.717) is 36.9 Å². The van der Waals surface area contributed by atoms with E-state index < -0.39 is 0 Å². The highest BCUT2D eigenvalue weighted by Crippen LogP contribution is 2.38. The molecule has 0 aliphatic heterocycles. The highest BCUT2D eigenvalue weighted by molar-refractivity contribution is 5.47. The van der Waals surface area contributed by atoms with Gasteiger partial charge in [-0.2, -0.15) is 0 Å². The van der Waals surface area contributed by atoms with Crippen LogP contribution in [-0.2, 0) is 35.9 Å². The predicted molar refractivity (Wildman–Crippen MR) is 153 cm³/mol. The molecule has 4 heteroatoms. The number of para-hydroxylation sites is 3. The zero-order valence-corrected chi connectivity index (χ0v) is 24.1. The zero-order chi connectivity index (χ0) is 27.8.